The van der Waals surface area contributed by atoms with Crippen LogP contribution in [0.5, 0.6) is 0 Å². The van der Waals surface area contributed by atoms with Crippen molar-refractivity contribution in [2.75, 3.05) is 25.0 Å². The SMILES string of the molecule is O=C(NC[C@@H](c1cccc2ccccc12)[NH+]1CCCC1)Nc1cccc(Cl)c1. The molecule has 1 aliphatic rings. The molecule has 0 aliphatic carbocycles. The molecule has 0 radical (unpaired) electrons. The number of urea groups is 1. The molecule has 1 atom stereocenters. The molecule has 28 heavy (non-hydrogen) atoms. The number of hydrogen-bond donors (Lipinski definition) is 3. The Labute approximate surface area is 170 Å². The molecule has 3 aromatic rings. The molecule has 0 spiro atoms. The minimum Gasteiger partial charge on any atom is -0.332 e. The van der Waals surface area contributed by atoms with Crippen LogP contribution in [0.4, 0.5) is 10.5 Å². The van der Waals surface area contributed by atoms with E-state index in [0.29, 0.717) is 17.3 Å². The van der Waals surface area contributed by atoms with Crippen LogP contribution in [0.25, 0.3) is 10.8 Å². The number of carbonyl (C=O) groups excluding carboxylic acids is 1. The van der Waals surface area contributed by atoms with E-state index in [9.17, 15) is 4.79 Å². The van der Waals surface area contributed by atoms with Crippen molar-refractivity contribution in [2.24, 2.45) is 0 Å². The lowest BCUT2D eigenvalue weighted by atomic mass is 9.97. The summed E-state index contributed by atoms with van der Waals surface area (Å²) in [6.45, 7) is 2.88. The summed E-state index contributed by atoms with van der Waals surface area (Å²) in [4.78, 5) is 14.0. The van der Waals surface area contributed by atoms with Gasteiger partial charge in [-0.3, -0.25) is 0 Å². The standard InChI is InChI=1S/C23H24ClN3O/c24-18-9-6-10-19(15-18)26-23(28)25-16-22(27-13-3-4-14-27)21-12-5-8-17-7-1-2-11-20(17)21/h1-2,5-12,15,22H,3-4,13-14,16H2,(H2,25,26,28)/p+1/t22-/m0/s1. The molecule has 5 heteroatoms. The highest BCUT2D eigenvalue weighted by atomic mass is 35.5. The first-order valence-corrected chi connectivity index (χ1v) is 10.2. The van der Waals surface area contributed by atoms with Crippen LogP contribution in [0, 0.1) is 0 Å². The second-order valence-corrected chi connectivity index (χ2v) is 7.77. The summed E-state index contributed by atoms with van der Waals surface area (Å²) in [5, 5.41) is 9.07. The third kappa shape index (κ3) is 4.29. The van der Waals surface area contributed by atoms with Crippen LogP contribution in [0.3, 0.4) is 0 Å². The topological polar surface area (TPSA) is 45.6 Å². The molecule has 1 heterocycles. The van der Waals surface area contributed by atoms with E-state index >= 15 is 0 Å². The number of fused-ring (bicyclic) bond motifs is 1. The van der Waals surface area contributed by atoms with Gasteiger partial charge in [-0.05, 0) is 29.0 Å². The van der Waals surface area contributed by atoms with E-state index in [-0.39, 0.29) is 12.1 Å². The molecule has 0 saturated carbocycles. The van der Waals surface area contributed by atoms with Gasteiger partial charge in [-0.1, -0.05) is 60.1 Å². The number of amides is 2. The maximum Gasteiger partial charge on any atom is 0.319 e. The van der Waals surface area contributed by atoms with Crippen molar-refractivity contribution >= 4 is 34.1 Å². The van der Waals surface area contributed by atoms with Gasteiger partial charge in [0.25, 0.3) is 0 Å². The number of carbonyl (C=O) groups is 1. The number of benzene rings is 3. The van der Waals surface area contributed by atoms with Gasteiger partial charge >= 0.3 is 6.03 Å². The summed E-state index contributed by atoms with van der Waals surface area (Å²) in [7, 11) is 0. The third-order valence-electron chi connectivity index (χ3n) is 5.49. The van der Waals surface area contributed by atoms with Crippen LogP contribution in [0.1, 0.15) is 24.4 Å². The monoisotopic (exact) mass is 394 g/mol. The number of likely N-dealkylation sites (tertiary alicyclic amines) is 1. The molecule has 144 valence electrons. The van der Waals surface area contributed by atoms with E-state index in [4.69, 9.17) is 11.6 Å². The van der Waals surface area contributed by atoms with Gasteiger partial charge in [0.15, 0.2) is 0 Å². The molecule has 1 fully saturated rings. The molecular formula is C23H25ClN3O+. The minimum absolute atomic E-state index is 0.203. The highest BCUT2D eigenvalue weighted by molar-refractivity contribution is 6.30. The van der Waals surface area contributed by atoms with Crippen LogP contribution in [0.15, 0.2) is 66.7 Å². The third-order valence-corrected chi connectivity index (χ3v) is 5.72. The van der Waals surface area contributed by atoms with Gasteiger partial charge in [0.05, 0.1) is 19.6 Å². The zero-order valence-corrected chi connectivity index (χ0v) is 16.5. The van der Waals surface area contributed by atoms with E-state index in [0.717, 1.165) is 13.1 Å². The average Bonchev–Trinajstić information content (AvgIpc) is 3.23. The first-order chi connectivity index (χ1) is 13.7. The number of quaternary nitrogens is 1. The van der Waals surface area contributed by atoms with Crippen molar-refractivity contribution in [3.63, 3.8) is 0 Å². The summed E-state index contributed by atoms with van der Waals surface area (Å²) in [5.41, 5.74) is 2.00. The lowest BCUT2D eigenvalue weighted by Crippen LogP contribution is -3.11. The zero-order valence-electron chi connectivity index (χ0n) is 15.7. The Hall–Kier alpha value is -2.56. The predicted octanol–water partition coefficient (Wildman–Crippen LogP) is 4.03. The zero-order chi connectivity index (χ0) is 19.3. The van der Waals surface area contributed by atoms with Crippen molar-refractivity contribution in [1.82, 2.24) is 5.32 Å². The Morgan fingerprint density at radius 1 is 1.00 bits per heavy atom. The van der Waals surface area contributed by atoms with Crippen LogP contribution < -0.4 is 15.5 Å². The summed E-state index contributed by atoms with van der Waals surface area (Å²) in [6.07, 6.45) is 2.48. The van der Waals surface area contributed by atoms with E-state index in [1.54, 1.807) is 17.0 Å². The van der Waals surface area contributed by atoms with Crippen molar-refractivity contribution in [3.05, 3.63) is 77.3 Å². The fourth-order valence-electron chi connectivity index (χ4n) is 4.14. The fraction of sp³-hybridized carbons (Fsp3) is 0.261. The number of rotatable bonds is 5. The Morgan fingerprint density at radius 2 is 1.75 bits per heavy atom. The average molecular weight is 395 g/mol. The number of anilines is 1. The molecule has 4 nitrogen and oxygen atoms in total. The highest BCUT2D eigenvalue weighted by Gasteiger charge is 2.29. The normalized spacial score (nSPS) is 15.5. The lowest BCUT2D eigenvalue weighted by Gasteiger charge is -2.26. The molecule has 1 saturated heterocycles. The number of halogens is 1. The number of hydrogen-bond acceptors (Lipinski definition) is 1. The Bertz CT molecular complexity index is 963. The quantitative estimate of drug-likeness (QED) is 0.601. The second kappa shape index (κ2) is 8.63. The van der Waals surface area contributed by atoms with Crippen LogP contribution in [-0.2, 0) is 0 Å². The molecule has 2 amide bonds. The molecule has 0 bridgehead atoms. The van der Waals surface area contributed by atoms with Gasteiger partial charge in [0, 0.05) is 29.1 Å². The van der Waals surface area contributed by atoms with Crippen LogP contribution >= 0.6 is 11.6 Å². The van der Waals surface area contributed by atoms with Crippen LogP contribution in [0.2, 0.25) is 5.02 Å². The highest BCUT2D eigenvalue weighted by Crippen LogP contribution is 2.23. The van der Waals surface area contributed by atoms with Gasteiger partial charge < -0.3 is 15.5 Å². The largest absolute Gasteiger partial charge is 0.332 e. The Kier molecular flexibility index (Phi) is 5.79. The summed E-state index contributed by atoms with van der Waals surface area (Å²) in [5.74, 6) is 0. The Morgan fingerprint density at radius 3 is 2.57 bits per heavy atom. The molecule has 0 unspecified atom stereocenters. The van der Waals surface area contributed by atoms with E-state index < -0.39 is 0 Å². The van der Waals surface area contributed by atoms with Crippen molar-refractivity contribution in [2.45, 2.75) is 18.9 Å². The van der Waals surface area contributed by atoms with Gasteiger partial charge in [0.2, 0.25) is 0 Å². The summed E-state index contributed by atoms with van der Waals surface area (Å²) < 4.78 is 0. The smallest absolute Gasteiger partial charge is 0.319 e. The first kappa shape index (κ1) is 18.8. The number of nitrogens with one attached hydrogen (secondary N) is 3. The maximum atomic E-state index is 12.5. The molecule has 0 aromatic heterocycles. The van der Waals surface area contributed by atoms with Gasteiger partial charge in [-0.25, -0.2) is 4.79 Å². The minimum atomic E-state index is -0.203. The summed E-state index contributed by atoms with van der Waals surface area (Å²) >= 11 is 6.00. The van der Waals surface area contributed by atoms with Crippen molar-refractivity contribution in [3.8, 4) is 0 Å². The Balaban J connectivity index is 1.53. The van der Waals surface area contributed by atoms with Gasteiger partial charge in [-0.2, -0.15) is 0 Å². The van der Waals surface area contributed by atoms with Crippen molar-refractivity contribution < 1.29 is 9.69 Å². The first-order valence-electron chi connectivity index (χ1n) is 9.83. The molecule has 3 N–H and O–H groups in total. The lowest BCUT2D eigenvalue weighted by molar-refractivity contribution is -0.918. The van der Waals surface area contributed by atoms with E-state index in [1.807, 2.05) is 12.1 Å². The predicted molar refractivity (Wildman–Crippen MR) is 115 cm³/mol. The van der Waals surface area contributed by atoms with Crippen molar-refractivity contribution in [1.29, 1.82) is 0 Å². The van der Waals surface area contributed by atoms with Gasteiger partial charge in [0.1, 0.15) is 6.04 Å². The van der Waals surface area contributed by atoms with E-state index in [2.05, 4.69) is 53.1 Å². The second-order valence-electron chi connectivity index (χ2n) is 7.33. The molecular weight excluding hydrogens is 370 g/mol. The summed E-state index contributed by atoms with van der Waals surface area (Å²) in [6, 6.07) is 22.2. The maximum absolute atomic E-state index is 12.5. The van der Waals surface area contributed by atoms with E-state index in [1.165, 1.54) is 29.2 Å². The molecule has 3 aromatic carbocycles. The van der Waals surface area contributed by atoms with Gasteiger partial charge in [-0.15, -0.1) is 0 Å². The molecule has 1 aliphatic heterocycles. The molecule has 4 rings (SSSR count). The fourth-order valence-corrected chi connectivity index (χ4v) is 4.33. The van der Waals surface area contributed by atoms with Crippen LogP contribution in [-0.4, -0.2) is 25.7 Å².